The van der Waals surface area contributed by atoms with Crippen LogP contribution in [-0.2, 0) is 0 Å². The van der Waals surface area contributed by atoms with Crippen LogP contribution in [0.25, 0.3) is 0 Å². The van der Waals surface area contributed by atoms with Gasteiger partial charge in [-0.1, -0.05) is 42.6 Å². The SMILES string of the molecule is COc1nccc(Sc2ccc(Cl)c(C(=O)NC(O)C3CCCCC3)c2)n1. The van der Waals surface area contributed by atoms with Gasteiger partial charge in [-0.15, -0.1) is 0 Å². The molecule has 1 aliphatic rings. The number of aliphatic hydroxyl groups excluding tert-OH is 1. The Morgan fingerprint density at radius 1 is 1.33 bits per heavy atom. The van der Waals surface area contributed by atoms with Gasteiger partial charge in [0.15, 0.2) is 0 Å². The first-order chi connectivity index (χ1) is 13.1. The second-order valence-corrected chi connectivity index (χ2v) is 7.94. The van der Waals surface area contributed by atoms with Gasteiger partial charge in [-0.2, -0.15) is 4.98 Å². The number of rotatable bonds is 6. The zero-order valence-electron chi connectivity index (χ0n) is 15.0. The summed E-state index contributed by atoms with van der Waals surface area (Å²) >= 11 is 7.59. The van der Waals surface area contributed by atoms with Gasteiger partial charge in [0.2, 0.25) is 0 Å². The molecule has 144 valence electrons. The molecule has 1 aromatic heterocycles. The van der Waals surface area contributed by atoms with Crippen molar-refractivity contribution in [3.8, 4) is 6.01 Å². The molecule has 1 aromatic carbocycles. The molecule has 2 aromatic rings. The smallest absolute Gasteiger partial charge is 0.317 e. The van der Waals surface area contributed by atoms with Gasteiger partial charge in [0.25, 0.3) is 5.91 Å². The van der Waals surface area contributed by atoms with Gasteiger partial charge >= 0.3 is 6.01 Å². The third-order valence-corrected chi connectivity index (χ3v) is 5.83. The standard InChI is InChI=1S/C19H22ClN3O3S/c1-26-19-21-10-9-16(22-19)27-13-7-8-15(20)14(11-13)18(25)23-17(24)12-5-3-2-4-6-12/h7-12,17,24H,2-6H2,1H3,(H,23,25). The second kappa shape index (κ2) is 9.39. The molecule has 0 spiro atoms. The number of hydrogen-bond acceptors (Lipinski definition) is 6. The number of benzene rings is 1. The summed E-state index contributed by atoms with van der Waals surface area (Å²) in [5, 5.41) is 14.1. The van der Waals surface area contributed by atoms with Gasteiger partial charge in [-0.05, 0) is 37.1 Å². The molecule has 0 aliphatic heterocycles. The van der Waals surface area contributed by atoms with E-state index in [0.29, 0.717) is 15.6 Å². The number of carbonyl (C=O) groups excluding carboxylic acids is 1. The van der Waals surface area contributed by atoms with Crippen molar-refractivity contribution in [2.24, 2.45) is 5.92 Å². The third kappa shape index (κ3) is 5.34. The maximum atomic E-state index is 12.6. The van der Waals surface area contributed by atoms with Crippen molar-refractivity contribution in [2.75, 3.05) is 7.11 Å². The van der Waals surface area contributed by atoms with Crippen LogP contribution in [0.5, 0.6) is 6.01 Å². The first-order valence-corrected chi connectivity index (χ1v) is 10.1. The Kier molecular flexibility index (Phi) is 6.93. The van der Waals surface area contributed by atoms with E-state index >= 15 is 0 Å². The van der Waals surface area contributed by atoms with Gasteiger partial charge < -0.3 is 15.2 Å². The van der Waals surface area contributed by atoms with Gasteiger partial charge in [0.05, 0.1) is 17.7 Å². The van der Waals surface area contributed by atoms with Crippen molar-refractivity contribution < 1.29 is 14.6 Å². The van der Waals surface area contributed by atoms with Crippen molar-refractivity contribution in [3.63, 3.8) is 0 Å². The summed E-state index contributed by atoms with van der Waals surface area (Å²) < 4.78 is 5.03. The molecule has 6 nitrogen and oxygen atoms in total. The van der Waals surface area contributed by atoms with Crippen molar-refractivity contribution in [3.05, 3.63) is 41.0 Å². The molecular weight excluding hydrogens is 386 g/mol. The van der Waals surface area contributed by atoms with E-state index in [9.17, 15) is 9.90 Å². The number of nitrogens with one attached hydrogen (secondary N) is 1. The van der Waals surface area contributed by atoms with Crippen LogP contribution >= 0.6 is 23.4 Å². The topological polar surface area (TPSA) is 84.3 Å². The number of amides is 1. The first kappa shape index (κ1) is 19.9. The van der Waals surface area contributed by atoms with Gasteiger partial charge in [-0.3, -0.25) is 4.79 Å². The number of carbonyl (C=O) groups is 1. The fraction of sp³-hybridized carbons (Fsp3) is 0.421. The molecule has 8 heteroatoms. The molecule has 1 unspecified atom stereocenters. The Morgan fingerprint density at radius 2 is 2.11 bits per heavy atom. The molecule has 27 heavy (non-hydrogen) atoms. The van der Waals surface area contributed by atoms with Gasteiger partial charge in [0.1, 0.15) is 11.3 Å². The number of methoxy groups -OCH3 is 1. The normalized spacial score (nSPS) is 16.0. The summed E-state index contributed by atoms with van der Waals surface area (Å²) in [6, 6.07) is 7.22. The number of aliphatic hydroxyl groups is 1. The van der Waals surface area contributed by atoms with E-state index < -0.39 is 6.23 Å². The van der Waals surface area contributed by atoms with Crippen LogP contribution in [0.15, 0.2) is 40.4 Å². The quantitative estimate of drug-likeness (QED) is 0.557. The van der Waals surface area contributed by atoms with Crippen LogP contribution < -0.4 is 10.1 Å². The second-order valence-electron chi connectivity index (χ2n) is 6.44. The van der Waals surface area contributed by atoms with E-state index in [1.54, 1.807) is 24.4 Å². The molecule has 1 atom stereocenters. The maximum absolute atomic E-state index is 12.6. The molecule has 1 aliphatic carbocycles. The molecule has 0 saturated heterocycles. The predicted molar refractivity (Wildman–Crippen MR) is 104 cm³/mol. The predicted octanol–water partition coefficient (Wildman–Crippen LogP) is 3.92. The highest BCUT2D eigenvalue weighted by Crippen LogP contribution is 2.30. The third-order valence-electron chi connectivity index (χ3n) is 4.57. The van der Waals surface area contributed by atoms with Crippen molar-refractivity contribution >= 4 is 29.3 Å². The van der Waals surface area contributed by atoms with Crippen LogP contribution in [0, 0.1) is 5.92 Å². The number of halogens is 1. The minimum atomic E-state index is -0.851. The lowest BCUT2D eigenvalue weighted by Crippen LogP contribution is -2.41. The average molecular weight is 408 g/mol. The summed E-state index contributed by atoms with van der Waals surface area (Å²) in [6.07, 6.45) is 5.99. The summed E-state index contributed by atoms with van der Waals surface area (Å²) in [5.41, 5.74) is 0.331. The highest BCUT2D eigenvalue weighted by atomic mass is 35.5. The molecule has 1 heterocycles. The number of ether oxygens (including phenoxy) is 1. The zero-order valence-corrected chi connectivity index (χ0v) is 16.6. The highest BCUT2D eigenvalue weighted by Gasteiger charge is 2.24. The fourth-order valence-corrected chi connectivity index (χ4v) is 4.13. The highest BCUT2D eigenvalue weighted by molar-refractivity contribution is 7.99. The van der Waals surface area contributed by atoms with Gasteiger partial charge in [-0.25, -0.2) is 4.98 Å². The molecule has 2 N–H and O–H groups in total. The van der Waals surface area contributed by atoms with Crippen molar-refractivity contribution in [2.45, 2.75) is 48.3 Å². The lowest BCUT2D eigenvalue weighted by molar-refractivity contribution is 0.0463. The van der Waals surface area contributed by atoms with Crippen LogP contribution in [0.4, 0.5) is 0 Å². The number of aromatic nitrogens is 2. The summed E-state index contributed by atoms with van der Waals surface area (Å²) in [5.74, 6) is -0.270. The van der Waals surface area contributed by atoms with E-state index in [2.05, 4.69) is 15.3 Å². The van der Waals surface area contributed by atoms with E-state index in [4.69, 9.17) is 16.3 Å². The Hall–Kier alpha value is -1.83. The average Bonchev–Trinajstić information content (AvgIpc) is 2.70. The number of hydrogen-bond donors (Lipinski definition) is 2. The molecule has 1 saturated carbocycles. The van der Waals surface area contributed by atoms with Crippen molar-refractivity contribution in [1.82, 2.24) is 15.3 Å². The monoisotopic (exact) mass is 407 g/mol. The summed E-state index contributed by atoms with van der Waals surface area (Å²) in [4.78, 5) is 21.6. The van der Waals surface area contributed by atoms with E-state index in [0.717, 1.165) is 30.6 Å². The van der Waals surface area contributed by atoms with Crippen LogP contribution in [0.1, 0.15) is 42.5 Å². The molecular formula is C19H22ClN3O3S. The Labute approximate surface area is 167 Å². The van der Waals surface area contributed by atoms with Crippen LogP contribution in [0.2, 0.25) is 5.02 Å². The largest absolute Gasteiger partial charge is 0.467 e. The minimum absolute atomic E-state index is 0.104. The zero-order chi connectivity index (χ0) is 19.2. The van der Waals surface area contributed by atoms with Crippen LogP contribution in [0.3, 0.4) is 0 Å². The lowest BCUT2D eigenvalue weighted by Gasteiger charge is -2.27. The lowest BCUT2D eigenvalue weighted by atomic mass is 9.88. The Balaban J connectivity index is 1.71. The Morgan fingerprint density at radius 3 is 2.85 bits per heavy atom. The van der Waals surface area contributed by atoms with E-state index in [-0.39, 0.29) is 17.8 Å². The van der Waals surface area contributed by atoms with Gasteiger partial charge in [0, 0.05) is 17.0 Å². The van der Waals surface area contributed by atoms with Crippen molar-refractivity contribution in [1.29, 1.82) is 0 Å². The van der Waals surface area contributed by atoms with E-state index in [1.165, 1.54) is 25.3 Å². The maximum Gasteiger partial charge on any atom is 0.317 e. The minimum Gasteiger partial charge on any atom is -0.467 e. The molecule has 1 amide bonds. The molecule has 0 radical (unpaired) electrons. The summed E-state index contributed by atoms with van der Waals surface area (Å²) in [6.45, 7) is 0. The van der Waals surface area contributed by atoms with E-state index in [1.807, 2.05) is 6.07 Å². The van der Waals surface area contributed by atoms with Crippen LogP contribution in [-0.4, -0.2) is 34.3 Å². The molecule has 3 rings (SSSR count). The summed E-state index contributed by atoms with van der Waals surface area (Å²) in [7, 11) is 1.51. The fourth-order valence-electron chi connectivity index (χ4n) is 3.12. The molecule has 1 fully saturated rings. The molecule has 0 bridgehead atoms. The first-order valence-electron chi connectivity index (χ1n) is 8.90. The number of nitrogens with zero attached hydrogens (tertiary/aromatic N) is 2. The Bertz CT molecular complexity index is 800.